The molecular weight excluding hydrogens is 172 g/mol. The lowest BCUT2D eigenvalue weighted by Crippen LogP contribution is -2.12. The summed E-state index contributed by atoms with van der Waals surface area (Å²) in [6, 6.07) is 0. The molecule has 0 radical (unpaired) electrons. The Bertz CT molecular complexity index is 331. The number of rotatable bonds is 3. The van der Waals surface area contributed by atoms with Gasteiger partial charge in [-0.15, -0.1) is 0 Å². The van der Waals surface area contributed by atoms with E-state index in [1.165, 1.54) is 0 Å². The molecule has 0 saturated heterocycles. The molecule has 0 aliphatic heterocycles. The summed E-state index contributed by atoms with van der Waals surface area (Å²) < 4.78 is 1.56. The molecule has 0 fully saturated rings. The average Bonchev–Trinajstić information content (AvgIpc) is 2.28. The SMILES string of the molecule is Cc1nn(CCN)c(C)c1[N+](=O)[O-]. The van der Waals surface area contributed by atoms with Gasteiger partial charge in [-0.2, -0.15) is 5.10 Å². The van der Waals surface area contributed by atoms with Crippen LogP contribution in [0.15, 0.2) is 0 Å². The Morgan fingerprint density at radius 2 is 2.23 bits per heavy atom. The van der Waals surface area contributed by atoms with E-state index < -0.39 is 4.92 Å². The van der Waals surface area contributed by atoms with Crippen LogP contribution < -0.4 is 5.73 Å². The van der Waals surface area contributed by atoms with Crippen molar-refractivity contribution in [3.05, 3.63) is 21.5 Å². The molecule has 0 aromatic carbocycles. The van der Waals surface area contributed by atoms with Crippen LogP contribution in [-0.4, -0.2) is 21.2 Å². The van der Waals surface area contributed by atoms with E-state index in [4.69, 9.17) is 5.73 Å². The zero-order valence-corrected chi connectivity index (χ0v) is 7.65. The van der Waals surface area contributed by atoms with Gasteiger partial charge in [0.2, 0.25) is 0 Å². The molecule has 0 spiro atoms. The van der Waals surface area contributed by atoms with Crippen LogP contribution in [-0.2, 0) is 6.54 Å². The van der Waals surface area contributed by atoms with E-state index in [2.05, 4.69) is 5.10 Å². The Hall–Kier alpha value is -1.43. The lowest BCUT2D eigenvalue weighted by molar-refractivity contribution is -0.386. The van der Waals surface area contributed by atoms with Crippen LogP contribution in [0.2, 0.25) is 0 Å². The van der Waals surface area contributed by atoms with Crippen LogP contribution >= 0.6 is 0 Å². The lowest BCUT2D eigenvalue weighted by Gasteiger charge is -1.98. The Morgan fingerprint density at radius 1 is 1.62 bits per heavy atom. The highest BCUT2D eigenvalue weighted by Crippen LogP contribution is 2.21. The summed E-state index contributed by atoms with van der Waals surface area (Å²) in [5.74, 6) is 0. The molecule has 72 valence electrons. The Balaban J connectivity index is 3.14. The summed E-state index contributed by atoms with van der Waals surface area (Å²) in [6.07, 6.45) is 0. The van der Waals surface area contributed by atoms with E-state index in [1.54, 1.807) is 18.5 Å². The van der Waals surface area contributed by atoms with E-state index in [9.17, 15) is 10.1 Å². The molecule has 6 nitrogen and oxygen atoms in total. The van der Waals surface area contributed by atoms with Crippen LogP contribution in [0.1, 0.15) is 11.4 Å². The minimum atomic E-state index is -0.412. The second-order valence-corrected chi connectivity index (χ2v) is 2.79. The van der Waals surface area contributed by atoms with Crippen LogP contribution in [0.3, 0.4) is 0 Å². The third kappa shape index (κ3) is 1.67. The highest BCUT2D eigenvalue weighted by Gasteiger charge is 2.20. The second-order valence-electron chi connectivity index (χ2n) is 2.79. The van der Waals surface area contributed by atoms with Gasteiger partial charge in [0.15, 0.2) is 0 Å². The Labute approximate surface area is 75.5 Å². The van der Waals surface area contributed by atoms with Crippen molar-refractivity contribution in [1.29, 1.82) is 0 Å². The molecule has 0 unspecified atom stereocenters. The summed E-state index contributed by atoms with van der Waals surface area (Å²) >= 11 is 0. The van der Waals surface area contributed by atoms with Crippen molar-refractivity contribution in [2.75, 3.05) is 6.54 Å². The van der Waals surface area contributed by atoms with Gasteiger partial charge in [0.1, 0.15) is 11.4 Å². The first-order valence-electron chi connectivity index (χ1n) is 3.96. The van der Waals surface area contributed by atoms with Gasteiger partial charge >= 0.3 is 5.69 Å². The second kappa shape index (κ2) is 3.53. The van der Waals surface area contributed by atoms with E-state index in [1.807, 2.05) is 0 Å². The first-order chi connectivity index (χ1) is 6.07. The summed E-state index contributed by atoms with van der Waals surface area (Å²) in [5, 5.41) is 14.6. The zero-order chi connectivity index (χ0) is 10.0. The van der Waals surface area contributed by atoms with Crippen molar-refractivity contribution < 1.29 is 4.92 Å². The highest BCUT2D eigenvalue weighted by atomic mass is 16.6. The Kier molecular flexibility index (Phi) is 2.62. The van der Waals surface area contributed by atoms with Gasteiger partial charge in [-0.25, -0.2) is 0 Å². The van der Waals surface area contributed by atoms with E-state index in [-0.39, 0.29) is 5.69 Å². The number of hydrogen-bond acceptors (Lipinski definition) is 4. The smallest absolute Gasteiger partial charge is 0.312 e. The maximum atomic E-state index is 10.6. The third-order valence-corrected chi connectivity index (χ3v) is 1.87. The van der Waals surface area contributed by atoms with Gasteiger partial charge in [0, 0.05) is 6.54 Å². The normalized spacial score (nSPS) is 10.4. The van der Waals surface area contributed by atoms with Crippen molar-refractivity contribution in [1.82, 2.24) is 9.78 Å². The number of nitrogens with zero attached hydrogens (tertiary/aromatic N) is 3. The largest absolute Gasteiger partial charge is 0.329 e. The zero-order valence-electron chi connectivity index (χ0n) is 7.65. The number of hydrogen-bond donors (Lipinski definition) is 1. The monoisotopic (exact) mass is 184 g/mol. The molecule has 13 heavy (non-hydrogen) atoms. The molecule has 1 aromatic rings. The highest BCUT2D eigenvalue weighted by molar-refractivity contribution is 5.39. The fraction of sp³-hybridized carbons (Fsp3) is 0.571. The standard InChI is InChI=1S/C7H12N4O2/c1-5-7(11(12)13)6(2)10(9-5)4-3-8/h3-4,8H2,1-2H3. The molecule has 1 aromatic heterocycles. The van der Waals surface area contributed by atoms with Crippen molar-refractivity contribution in [2.45, 2.75) is 20.4 Å². The van der Waals surface area contributed by atoms with E-state index in [0.29, 0.717) is 24.5 Å². The van der Waals surface area contributed by atoms with Gasteiger partial charge in [-0.05, 0) is 13.8 Å². The first kappa shape index (κ1) is 9.66. The van der Waals surface area contributed by atoms with Gasteiger partial charge in [0.25, 0.3) is 0 Å². The predicted molar refractivity (Wildman–Crippen MR) is 47.4 cm³/mol. The first-order valence-corrected chi connectivity index (χ1v) is 3.96. The maximum Gasteiger partial charge on any atom is 0.312 e. The Morgan fingerprint density at radius 3 is 2.62 bits per heavy atom. The molecule has 2 N–H and O–H groups in total. The van der Waals surface area contributed by atoms with Crippen molar-refractivity contribution >= 4 is 5.69 Å². The van der Waals surface area contributed by atoms with Crippen LogP contribution in [0.25, 0.3) is 0 Å². The van der Waals surface area contributed by atoms with Gasteiger partial charge in [-0.1, -0.05) is 0 Å². The summed E-state index contributed by atoms with van der Waals surface area (Å²) in [6.45, 7) is 4.24. The molecule has 0 amide bonds. The van der Waals surface area contributed by atoms with Crippen LogP contribution in [0, 0.1) is 24.0 Å². The van der Waals surface area contributed by atoms with Gasteiger partial charge < -0.3 is 5.73 Å². The quantitative estimate of drug-likeness (QED) is 0.543. The fourth-order valence-corrected chi connectivity index (χ4v) is 1.29. The van der Waals surface area contributed by atoms with Gasteiger partial charge in [0.05, 0.1) is 11.5 Å². The summed E-state index contributed by atoms with van der Waals surface area (Å²) in [5.41, 5.74) is 6.43. The molecule has 0 aliphatic rings. The molecule has 0 bridgehead atoms. The predicted octanol–water partition coefficient (Wildman–Crippen LogP) is 0.367. The lowest BCUT2D eigenvalue weighted by atomic mass is 10.3. The van der Waals surface area contributed by atoms with E-state index in [0.717, 1.165) is 0 Å². The third-order valence-electron chi connectivity index (χ3n) is 1.87. The molecule has 1 rings (SSSR count). The van der Waals surface area contributed by atoms with Crippen molar-refractivity contribution in [3.8, 4) is 0 Å². The van der Waals surface area contributed by atoms with Gasteiger partial charge in [-0.3, -0.25) is 14.8 Å². The van der Waals surface area contributed by atoms with E-state index >= 15 is 0 Å². The van der Waals surface area contributed by atoms with Crippen molar-refractivity contribution in [3.63, 3.8) is 0 Å². The van der Waals surface area contributed by atoms with Crippen LogP contribution in [0.5, 0.6) is 0 Å². The fourth-order valence-electron chi connectivity index (χ4n) is 1.29. The summed E-state index contributed by atoms with van der Waals surface area (Å²) in [4.78, 5) is 10.2. The molecule has 0 atom stereocenters. The number of nitro groups is 1. The van der Waals surface area contributed by atoms with Crippen molar-refractivity contribution in [2.24, 2.45) is 5.73 Å². The maximum absolute atomic E-state index is 10.6. The summed E-state index contributed by atoms with van der Waals surface area (Å²) in [7, 11) is 0. The molecule has 0 aliphatic carbocycles. The number of aryl methyl sites for hydroxylation is 1. The minimum Gasteiger partial charge on any atom is -0.329 e. The molecular formula is C7H12N4O2. The topological polar surface area (TPSA) is 87.0 Å². The molecule has 1 heterocycles. The number of nitrogens with two attached hydrogens (primary N) is 1. The van der Waals surface area contributed by atoms with Crippen LogP contribution in [0.4, 0.5) is 5.69 Å². The average molecular weight is 184 g/mol. The molecule has 0 saturated carbocycles. The minimum absolute atomic E-state index is 0.0912. The molecule has 6 heteroatoms. The number of aromatic nitrogens is 2.